The number of rotatable bonds is 11. The van der Waals surface area contributed by atoms with Gasteiger partial charge in [0.05, 0.1) is 5.92 Å². The van der Waals surface area contributed by atoms with E-state index in [4.69, 9.17) is 11.6 Å². The quantitative estimate of drug-likeness (QED) is 0.243. The van der Waals surface area contributed by atoms with E-state index in [1.165, 1.54) is 54.4 Å². The Hall–Kier alpha value is -2.21. The maximum absolute atomic E-state index is 14.3. The van der Waals surface area contributed by atoms with Crippen LogP contribution in [0.4, 0.5) is 0 Å². The lowest BCUT2D eigenvalue weighted by atomic mass is 9.33. The largest absolute Gasteiger partial charge is 0.481 e. The number of carbonyl (C=O) groups excluding carboxylic acids is 1. The number of Topliss-reactive ketones (excluding diaryl/α,β-unsaturated/α-hetero) is 1. The number of carbonyl (C=O) groups is 2. The fourth-order valence-corrected chi connectivity index (χ4v) is 14.5. The molecule has 6 aliphatic rings. The van der Waals surface area contributed by atoms with Gasteiger partial charge in [0.1, 0.15) is 0 Å². The Morgan fingerprint density at radius 2 is 1.62 bits per heavy atom. The van der Waals surface area contributed by atoms with Crippen molar-refractivity contribution in [2.24, 2.45) is 56.7 Å². The Kier molecular flexibility index (Phi) is 11.1. The molecule has 3 unspecified atom stereocenters. The molecular weight excluding hydrogens is 700 g/mol. The number of carboxylic acids is 1. The van der Waals surface area contributed by atoms with Crippen molar-refractivity contribution in [2.45, 2.75) is 132 Å². The molecule has 1 N–H and O–H groups in total. The highest BCUT2D eigenvalue weighted by Gasteiger charge is 2.69. The molecule has 0 saturated heterocycles. The minimum atomic E-state index is -0.648. The zero-order chi connectivity index (χ0) is 39.7. The normalized spacial score (nSPS) is 37.0. The minimum Gasteiger partial charge on any atom is -0.481 e. The van der Waals surface area contributed by atoms with E-state index in [-0.39, 0.29) is 38.9 Å². The maximum Gasteiger partial charge on any atom is 0.306 e. The van der Waals surface area contributed by atoms with Crippen molar-refractivity contribution in [2.75, 3.05) is 33.7 Å². The molecule has 3 saturated carbocycles. The molecule has 55 heavy (non-hydrogen) atoms. The van der Waals surface area contributed by atoms with Gasteiger partial charge >= 0.3 is 5.97 Å². The Balaban J connectivity index is 1.18. The molecule has 1 aromatic rings. The predicted octanol–water partition coefficient (Wildman–Crippen LogP) is 11.4. The van der Waals surface area contributed by atoms with Gasteiger partial charge in [-0.25, -0.2) is 0 Å². The number of hydrogen-bond donors (Lipinski definition) is 1. The van der Waals surface area contributed by atoms with Crippen LogP contribution >= 0.6 is 11.6 Å². The lowest BCUT2D eigenvalue weighted by Gasteiger charge is -2.71. The van der Waals surface area contributed by atoms with Crippen molar-refractivity contribution in [3.8, 4) is 0 Å². The molecule has 8 atom stereocenters. The fourth-order valence-electron chi connectivity index (χ4n) is 14.3. The van der Waals surface area contributed by atoms with E-state index in [2.05, 4.69) is 96.6 Å². The third-order valence-corrected chi connectivity index (χ3v) is 17.6. The zero-order valence-electron chi connectivity index (χ0n) is 35.7. The van der Waals surface area contributed by atoms with Crippen molar-refractivity contribution in [3.05, 3.63) is 69.3 Å². The van der Waals surface area contributed by atoms with Crippen molar-refractivity contribution >= 4 is 23.4 Å². The fraction of sp³-hybridized carbons (Fsp3) is 0.714. The van der Waals surface area contributed by atoms with Crippen LogP contribution in [0.5, 0.6) is 0 Å². The number of halogens is 1. The summed E-state index contributed by atoms with van der Waals surface area (Å²) in [6, 6.07) is 8.35. The van der Waals surface area contributed by atoms with E-state index < -0.39 is 5.97 Å². The van der Waals surface area contributed by atoms with Gasteiger partial charge in [0.2, 0.25) is 0 Å². The second kappa shape index (κ2) is 14.9. The highest BCUT2D eigenvalue weighted by Crippen LogP contribution is 2.77. The number of benzene rings is 1. The first-order valence-corrected chi connectivity index (χ1v) is 22.3. The second-order valence-electron chi connectivity index (χ2n) is 21.0. The van der Waals surface area contributed by atoms with Crippen molar-refractivity contribution in [1.29, 1.82) is 0 Å². The maximum atomic E-state index is 14.3. The summed E-state index contributed by atoms with van der Waals surface area (Å²) >= 11 is 6.27. The first kappa shape index (κ1) is 41.0. The Morgan fingerprint density at radius 3 is 2.25 bits per heavy atom. The third kappa shape index (κ3) is 6.86. The Bertz CT molecular complexity index is 1750. The number of likely N-dealkylation sites (N-methyl/N-ethyl adjacent to an activating group) is 1. The van der Waals surface area contributed by atoms with Crippen LogP contribution in [-0.2, 0) is 16.1 Å². The average molecular weight is 772 g/mol. The molecule has 0 aromatic heterocycles. The molecule has 0 bridgehead atoms. The molecular formula is C49H71ClN2O3. The Morgan fingerprint density at radius 1 is 0.891 bits per heavy atom. The number of fused-ring (bicyclic) bond motifs is 7. The van der Waals surface area contributed by atoms with Gasteiger partial charge < -0.3 is 10.0 Å². The first-order valence-electron chi connectivity index (χ1n) is 21.9. The number of hydrogen-bond acceptors (Lipinski definition) is 4. The third-order valence-electron chi connectivity index (χ3n) is 17.3. The molecule has 5 nitrogen and oxygen atoms in total. The Labute approximate surface area is 338 Å². The van der Waals surface area contributed by atoms with Crippen LogP contribution in [-0.4, -0.2) is 60.4 Å². The highest BCUT2D eigenvalue weighted by atomic mass is 35.5. The van der Waals surface area contributed by atoms with Gasteiger partial charge in [-0.05, 0) is 171 Å². The average Bonchev–Trinajstić information content (AvgIpc) is 3.42. The first-order chi connectivity index (χ1) is 25.9. The van der Waals surface area contributed by atoms with Crippen LogP contribution in [0.25, 0.3) is 0 Å². The summed E-state index contributed by atoms with van der Waals surface area (Å²) in [4.78, 5) is 30.9. The molecule has 0 amide bonds. The lowest BCUT2D eigenvalue weighted by Crippen LogP contribution is -2.64. The summed E-state index contributed by atoms with van der Waals surface area (Å²) in [5.74, 6) is 1.52. The number of ketones is 1. The summed E-state index contributed by atoms with van der Waals surface area (Å²) in [7, 11) is 4.32. The van der Waals surface area contributed by atoms with Crippen molar-refractivity contribution < 1.29 is 14.7 Å². The van der Waals surface area contributed by atoms with Gasteiger partial charge in [-0.1, -0.05) is 89.9 Å². The molecule has 6 heteroatoms. The number of aliphatic carboxylic acids is 1. The molecule has 0 spiro atoms. The van der Waals surface area contributed by atoms with Crippen molar-refractivity contribution in [1.82, 2.24) is 9.80 Å². The molecule has 1 aromatic carbocycles. The van der Waals surface area contributed by atoms with E-state index in [0.29, 0.717) is 36.4 Å². The summed E-state index contributed by atoms with van der Waals surface area (Å²) < 4.78 is 0. The van der Waals surface area contributed by atoms with Crippen LogP contribution < -0.4 is 0 Å². The van der Waals surface area contributed by atoms with Gasteiger partial charge in [-0.15, -0.1) is 0 Å². The van der Waals surface area contributed by atoms with E-state index in [1.807, 2.05) is 12.1 Å². The van der Waals surface area contributed by atoms with Crippen LogP contribution in [0.15, 0.2) is 58.7 Å². The van der Waals surface area contributed by atoms with Gasteiger partial charge in [0.25, 0.3) is 0 Å². The van der Waals surface area contributed by atoms with E-state index in [1.54, 1.807) is 5.57 Å². The number of carboxylic acid groups (broad SMARTS) is 1. The van der Waals surface area contributed by atoms with Gasteiger partial charge in [0.15, 0.2) is 5.78 Å². The molecule has 0 radical (unpaired) electrons. The molecule has 3 fully saturated rings. The van der Waals surface area contributed by atoms with Gasteiger partial charge in [-0.3, -0.25) is 14.5 Å². The number of nitrogens with zero attached hydrogens (tertiary/aromatic N) is 2. The highest BCUT2D eigenvalue weighted by molar-refractivity contribution is 6.30. The zero-order valence-corrected chi connectivity index (χ0v) is 36.5. The van der Waals surface area contributed by atoms with Crippen LogP contribution in [0, 0.1) is 56.7 Å². The SMILES string of the molecule is CC(C)C1=C2[C@H]3CCC4[C@@]5(C)CC=C(C6=CCC(C(=O)O)CC6)C(C)(C)C5CC[C@@]4(C)[C@]3(C)CC[C@@]2(CCN(CCN(C)C)Cc2ccc(Cl)cc2)CC1=O. The minimum absolute atomic E-state index is 0.0284. The lowest BCUT2D eigenvalue weighted by molar-refractivity contribution is -0.199. The van der Waals surface area contributed by atoms with Gasteiger partial charge in [-0.2, -0.15) is 0 Å². The molecule has 6 aliphatic carbocycles. The topological polar surface area (TPSA) is 60.9 Å². The summed E-state index contributed by atoms with van der Waals surface area (Å²) in [6.45, 7) is 21.5. The summed E-state index contributed by atoms with van der Waals surface area (Å²) in [6.07, 6.45) is 17.4. The van der Waals surface area contributed by atoms with Crippen molar-refractivity contribution in [3.63, 3.8) is 0 Å². The standard InChI is InChI=1S/C49H71ClN2O3/c1-32(2)42-39(53)30-49(26-27-52(29-28-51(8)9)31-33-10-16-36(50)17-11-33)25-24-47(6)38(43(42)49)18-19-41-46(5)22-20-37(34-12-14-35(15-13-34)44(54)55)45(3,4)40(46)21-23-48(41,47)7/h10-12,16-17,20,32,35,38,40-41H,13-15,18-19,21-31H2,1-9H3,(H,54,55)/t35?,38-,40?,41?,46+,47-,48-,49-/m1/s1. The monoisotopic (exact) mass is 771 g/mol. The second-order valence-corrected chi connectivity index (χ2v) is 21.5. The van der Waals surface area contributed by atoms with E-state index >= 15 is 0 Å². The molecule has 0 heterocycles. The van der Waals surface area contributed by atoms with E-state index in [0.717, 1.165) is 63.3 Å². The molecule has 7 rings (SSSR count). The van der Waals surface area contributed by atoms with E-state index in [9.17, 15) is 14.7 Å². The predicted molar refractivity (Wildman–Crippen MR) is 226 cm³/mol. The van der Waals surface area contributed by atoms with Gasteiger partial charge in [0, 0.05) is 36.5 Å². The smallest absolute Gasteiger partial charge is 0.306 e. The molecule has 0 aliphatic heterocycles. The van der Waals surface area contributed by atoms with Crippen LogP contribution in [0.1, 0.15) is 131 Å². The van der Waals surface area contributed by atoms with Crippen LogP contribution in [0.2, 0.25) is 5.02 Å². The number of allylic oxidation sites excluding steroid dienone is 6. The van der Waals surface area contributed by atoms with Crippen LogP contribution in [0.3, 0.4) is 0 Å². The summed E-state index contributed by atoms with van der Waals surface area (Å²) in [5, 5.41) is 10.4. The summed E-state index contributed by atoms with van der Waals surface area (Å²) in [5.41, 5.74) is 7.65. The molecule has 302 valence electrons.